The third kappa shape index (κ3) is 3.50. The second-order valence-corrected chi connectivity index (χ2v) is 6.35. The quantitative estimate of drug-likeness (QED) is 0.791. The minimum Gasteiger partial charge on any atom is -0.294 e. The Morgan fingerprint density at radius 3 is 3.00 bits per heavy atom. The topological polar surface area (TPSA) is 20.3 Å². The van der Waals surface area contributed by atoms with Crippen LogP contribution in [0.5, 0.6) is 0 Å². The van der Waals surface area contributed by atoms with Gasteiger partial charge in [0.05, 0.1) is 11.6 Å². The number of carbonyl (C=O) groups excluding carboxylic acids is 1. The molecule has 1 fully saturated rings. The van der Waals surface area contributed by atoms with E-state index in [4.69, 9.17) is 11.6 Å². The van der Waals surface area contributed by atoms with Gasteiger partial charge >= 0.3 is 0 Å². The number of hydrogen-bond acceptors (Lipinski definition) is 3. The maximum Gasteiger partial charge on any atom is 0.178 e. The predicted molar refractivity (Wildman–Crippen MR) is 78.8 cm³/mol. The fourth-order valence-electron chi connectivity index (χ4n) is 2.15. The van der Waals surface area contributed by atoms with Crippen molar-refractivity contribution in [2.45, 2.75) is 18.6 Å². The number of thioether (sulfide) groups is 1. The molecular weight excluding hydrogens is 266 g/mol. The summed E-state index contributed by atoms with van der Waals surface area (Å²) in [6, 6.07) is 7.29. The third-order valence-corrected chi connectivity index (χ3v) is 4.92. The number of nitrogens with zero attached hydrogens (tertiary/aromatic N) is 1. The lowest BCUT2D eigenvalue weighted by Gasteiger charge is -2.31. The molecule has 0 aliphatic carbocycles. The highest BCUT2D eigenvalue weighted by Gasteiger charge is 2.21. The Bertz CT molecular complexity index is 424. The van der Waals surface area contributed by atoms with Gasteiger partial charge in [-0.25, -0.2) is 0 Å². The minimum absolute atomic E-state index is 0.127. The molecule has 0 spiro atoms. The molecule has 1 aromatic carbocycles. The molecule has 0 radical (unpaired) electrons. The Morgan fingerprint density at radius 2 is 2.28 bits per heavy atom. The Balaban J connectivity index is 1.97. The van der Waals surface area contributed by atoms with Gasteiger partial charge in [0, 0.05) is 29.7 Å². The number of Topliss-reactive ketones (excluding diaryl/α,β-unsaturated/α-hetero) is 1. The highest BCUT2D eigenvalue weighted by molar-refractivity contribution is 8.00. The molecule has 0 bridgehead atoms. The molecule has 2 nitrogen and oxygen atoms in total. The number of carbonyl (C=O) groups is 1. The zero-order valence-electron chi connectivity index (χ0n) is 10.6. The van der Waals surface area contributed by atoms with Crippen LogP contribution >= 0.6 is 23.4 Å². The van der Waals surface area contributed by atoms with Crippen LogP contribution in [0.2, 0.25) is 5.02 Å². The van der Waals surface area contributed by atoms with E-state index in [9.17, 15) is 4.79 Å². The second-order valence-electron chi connectivity index (χ2n) is 4.54. The summed E-state index contributed by atoms with van der Waals surface area (Å²) in [5.41, 5.74) is 0.644. The Labute approximate surface area is 118 Å². The van der Waals surface area contributed by atoms with Crippen molar-refractivity contribution in [2.75, 3.05) is 25.4 Å². The van der Waals surface area contributed by atoms with Crippen molar-refractivity contribution >= 4 is 29.1 Å². The summed E-state index contributed by atoms with van der Waals surface area (Å²) in [6.45, 7) is 4.70. The second kappa shape index (κ2) is 6.60. The lowest BCUT2D eigenvalue weighted by atomic mass is 10.1. The molecule has 0 aromatic heterocycles. The van der Waals surface area contributed by atoms with Gasteiger partial charge < -0.3 is 0 Å². The summed E-state index contributed by atoms with van der Waals surface area (Å²) in [4.78, 5) is 14.4. The molecule has 4 heteroatoms. The maximum absolute atomic E-state index is 12.2. The molecule has 2 rings (SSSR count). The summed E-state index contributed by atoms with van der Waals surface area (Å²) in [6.07, 6.45) is 1.17. The Kier molecular flexibility index (Phi) is 5.10. The summed E-state index contributed by atoms with van der Waals surface area (Å²) in [7, 11) is 0. The lowest BCUT2D eigenvalue weighted by molar-refractivity contribution is 0.0933. The average Bonchev–Trinajstić information content (AvgIpc) is 2.39. The van der Waals surface area contributed by atoms with Gasteiger partial charge in [0.25, 0.3) is 0 Å². The number of benzene rings is 1. The molecule has 0 amide bonds. The van der Waals surface area contributed by atoms with Gasteiger partial charge in [0.15, 0.2) is 5.78 Å². The van der Waals surface area contributed by atoms with E-state index in [2.05, 4.69) is 11.8 Å². The van der Waals surface area contributed by atoms with Crippen molar-refractivity contribution < 1.29 is 4.79 Å². The SMILES string of the molecule is CCC1CN(CC(=O)c2ccccc2Cl)CCS1. The average molecular weight is 284 g/mol. The van der Waals surface area contributed by atoms with Crippen molar-refractivity contribution in [3.8, 4) is 0 Å². The molecule has 1 aliphatic heterocycles. The highest BCUT2D eigenvalue weighted by atomic mass is 35.5. The van der Waals surface area contributed by atoms with Crippen molar-refractivity contribution in [2.24, 2.45) is 0 Å². The number of ketones is 1. The first-order valence-electron chi connectivity index (χ1n) is 6.32. The van der Waals surface area contributed by atoms with Gasteiger partial charge in [0.1, 0.15) is 0 Å². The van der Waals surface area contributed by atoms with Crippen LogP contribution < -0.4 is 0 Å². The molecule has 98 valence electrons. The van der Waals surface area contributed by atoms with E-state index in [-0.39, 0.29) is 5.78 Å². The standard InChI is InChI=1S/C14H18ClNOS/c1-2-11-9-16(7-8-18-11)10-14(17)12-5-3-4-6-13(12)15/h3-6,11H,2,7-10H2,1H3. The minimum atomic E-state index is 0.127. The smallest absolute Gasteiger partial charge is 0.178 e. The van der Waals surface area contributed by atoms with Crippen molar-refractivity contribution in [1.29, 1.82) is 0 Å². The molecule has 1 unspecified atom stereocenters. The zero-order chi connectivity index (χ0) is 13.0. The van der Waals surface area contributed by atoms with Crippen LogP contribution in [0, 0.1) is 0 Å². The van der Waals surface area contributed by atoms with Crippen molar-refractivity contribution in [1.82, 2.24) is 4.90 Å². The van der Waals surface area contributed by atoms with E-state index in [1.165, 1.54) is 6.42 Å². The predicted octanol–water partition coefficient (Wildman–Crippen LogP) is 3.35. The third-order valence-electron chi connectivity index (χ3n) is 3.22. The van der Waals surface area contributed by atoms with Gasteiger partial charge in [0.2, 0.25) is 0 Å². The lowest BCUT2D eigenvalue weighted by Crippen LogP contribution is -2.40. The molecule has 18 heavy (non-hydrogen) atoms. The van der Waals surface area contributed by atoms with Crippen LogP contribution in [0.15, 0.2) is 24.3 Å². The first-order chi connectivity index (χ1) is 8.70. The van der Waals surface area contributed by atoms with E-state index < -0.39 is 0 Å². The molecule has 1 aromatic rings. The molecule has 0 saturated carbocycles. The van der Waals surface area contributed by atoms with E-state index in [1.54, 1.807) is 12.1 Å². The van der Waals surface area contributed by atoms with Crippen LogP contribution in [0.25, 0.3) is 0 Å². The zero-order valence-corrected chi connectivity index (χ0v) is 12.1. The monoisotopic (exact) mass is 283 g/mol. The molecule has 1 heterocycles. The normalized spacial score (nSPS) is 20.9. The van der Waals surface area contributed by atoms with Crippen LogP contribution in [-0.4, -0.2) is 41.3 Å². The number of halogens is 1. The first-order valence-corrected chi connectivity index (χ1v) is 7.75. The van der Waals surface area contributed by atoms with E-state index in [0.717, 1.165) is 18.8 Å². The summed E-state index contributed by atoms with van der Waals surface area (Å²) in [5.74, 6) is 1.25. The Morgan fingerprint density at radius 1 is 1.50 bits per heavy atom. The summed E-state index contributed by atoms with van der Waals surface area (Å²) in [5, 5.41) is 1.22. The van der Waals surface area contributed by atoms with Crippen LogP contribution in [0.4, 0.5) is 0 Å². The first kappa shape index (κ1) is 13.9. The Hall–Kier alpha value is -0.510. The van der Waals surface area contributed by atoms with E-state index in [1.807, 2.05) is 23.9 Å². The fraction of sp³-hybridized carbons (Fsp3) is 0.500. The van der Waals surface area contributed by atoms with Crippen LogP contribution in [-0.2, 0) is 0 Å². The summed E-state index contributed by atoms with van der Waals surface area (Å²) >= 11 is 8.06. The van der Waals surface area contributed by atoms with Crippen molar-refractivity contribution in [3.63, 3.8) is 0 Å². The molecule has 0 N–H and O–H groups in total. The summed E-state index contributed by atoms with van der Waals surface area (Å²) < 4.78 is 0. The molecule has 1 saturated heterocycles. The van der Waals surface area contributed by atoms with Gasteiger partial charge in [-0.05, 0) is 18.6 Å². The van der Waals surface area contributed by atoms with Crippen molar-refractivity contribution in [3.05, 3.63) is 34.9 Å². The fourth-order valence-corrected chi connectivity index (χ4v) is 3.64. The van der Waals surface area contributed by atoms with Crippen LogP contribution in [0.1, 0.15) is 23.7 Å². The van der Waals surface area contributed by atoms with E-state index in [0.29, 0.717) is 22.4 Å². The molecule has 1 aliphatic rings. The molecular formula is C14H18ClNOS. The number of rotatable bonds is 4. The van der Waals surface area contributed by atoms with Gasteiger partial charge in [-0.3, -0.25) is 9.69 Å². The van der Waals surface area contributed by atoms with Gasteiger partial charge in [-0.15, -0.1) is 0 Å². The van der Waals surface area contributed by atoms with E-state index >= 15 is 0 Å². The number of hydrogen-bond donors (Lipinski definition) is 0. The maximum atomic E-state index is 12.2. The van der Waals surface area contributed by atoms with Crippen LogP contribution in [0.3, 0.4) is 0 Å². The molecule has 1 atom stereocenters. The largest absolute Gasteiger partial charge is 0.294 e. The van der Waals surface area contributed by atoms with Gasteiger partial charge in [-0.2, -0.15) is 11.8 Å². The van der Waals surface area contributed by atoms with Gasteiger partial charge in [-0.1, -0.05) is 30.7 Å². The highest BCUT2D eigenvalue weighted by Crippen LogP contribution is 2.22.